The van der Waals surface area contributed by atoms with Crippen molar-refractivity contribution in [3.05, 3.63) is 29.8 Å². The van der Waals surface area contributed by atoms with Crippen molar-refractivity contribution in [2.45, 2.75) is 31.6 Å². The van der Waals surface area contributed by atoms with Crippen molar-refractivity contribution < 1.29 is 28.0 Å². The van der Waals surface area contributed by atoms with Crippen molar-refractivity contribution in [2.24, 2.45) is 5.92 Å². The van der Waals surface area contributed by atoms with Crippen molar-refractivity contribution >= 4 is 27.5 Å². The van der Waals surface area contributed by atoms with Gasteiger partial charge in [-0.05, 0) is 24.3 Å². The summed E-state index contributed by atoms with van der Waals surface area (Å²) in [5.41, 5.74) is 2.74. The van der Waals surface area contributed by atoms with Crippen LogP contribution in [-0.2, 0) is 19.4 Å². The molecule has 0 bridgehead atoms. The lowest BCUT2D eigenvalue weighted by atomic mass is 10.1. The number of amides is 2. The molecule has 0 aromatic heterocycles. The monoisotopic (exact) mass is 394 g/mol. The Morgan fingerprint density at radius 3 is 2.52 bits per heavy atom. The quantitative estimate of drug-likeness (QED) is 0.443. The summed E-state index contributed by atoms with van der Waals surface area (Å²) < 4.78 is 28.7. The molecule has 0 aliphatic carbocycles. The molecular formula is C18H22N2O6S. The van der Waals surface area contributed by atoms with Gasteiger partial charge in [0.05, 0.1) is 6.54 Å². The van der Waals surface area contributed by atoms with Crippen LogP contribution in [0.3, 0.4) is 0 Å². The normalized spacial score (nSPS) is 17.9. The van der Waals surface area contributed by atoms with E-state index in [4.69, 9.17) is 9.94 Å². The highest BCUT2D eigenvalue weighted by Gasteiger charge is 2.39. The molecule has 1 saturated heterocycles. The van der Waals surface area contributed by atoms with Crippen LogP contribution in [-0.4, -0.2) is 49.8 Å². The van der Waals surface area contributed by atoms with E-state index >= 15 is 0 Å². The maximum absolute atomic E-state index is 12.1. The molecule has 9 heteroatoms. The van der Waals surface area contributed by atoms with Gasteiger partial charge in [-0.25, -0.2) is 18.7 Å². The van der Waals surface area contributed by atoms with E-state index in [0.717, 1.165) is 11.8 Å². The van der Waals surface area contributed by atoms with Crippen LogP contribution < -0.4 is 10.4 Å². The van der Waals surface area contributed by atoms with E-state index in [2.05, 4.69) is 11.8 Å². The van der Waals surface area contributed by atoms with Crippen LogP contribution in [0.2, 0.25) is 0 Å². The molecule has 1 aliphatic rings. The number of ether oxygens (including phenoxy) is 1. The molecular weight excluding hydrogens is 372 g/mol. The van der Waals surface area contributed by atoms with Crippen molar-refractivity contribution in [2.75, 3.05) is 17.7 Å². The Bertz CT molecular complexity index is 867. The highest BCUT2D eigenvalue weighted by molar-refractivity contribution is 7.92. The number of sulfone groups is 1. The molecule has 2 atom stereocenters. The summed E-state index contributed by atoms with van der Waals surface area (Å²) in [5.74, 6) is 5.26. The fourth-order valence-corrected chi connectivity index (χ4v) is 3.60. The van der Waals surface area contributed by atoms with Crippen LogP contribution in [0.4, 0.5) is 10.5 Å². The predicted octanol–water partition coefficient (Wildman–Crippen LogP) is 1.33. The van der Waals surface area contributed by atoms with E-state index < -0.39 is 33.2 Å². The minimum atomic E-state index is -3.78. The number of hydrogen-bond acceptors (Lipinski definition) is 6. The Balaban J connectivity index is 2.11. The third kappa shape index (κ3) is 5.45. The first-order valence-electron chi connectivity index (χ1n) is 8.34. The summed E-state index contributed by atoms with van der Waals surface area (Å²) >= 11 is 0. The SMILES string of the molecule is CC(C)C#Cc1ccc(N2CC(CC(C(=O)NO)S(C)(=O)=O)OC2=O)cc1. The molecule has 8 nitrogen and oxygen atoms in total. The molecule has 146 valence electrons. The fraction of sp³-hybridized carbons (Fsp3) is 0.444. The maximum Gasteiger partial charge on any atom is 0.414 e. The smallest absolute Gasteiger partial charge is 0.414 e. The molecule has 0 saturated carbocycles. The van der Waals surface area contributed by atoms with E-state index in [0.29, 0.717) is 5.69 Å². The first kappa shape index (κ1) is 20.7. The second kappa shape index (κ2) is 8.41. The third-order valence-corrected chi connectivity index (χ3v) is 5.39. The Labute approximate surface area is 158 Å². The Morgan fingerprint density at radius 1 is 1.37 bits per heavy atom. The fourth-order valence-electron chi connectivity index (χ4n) is 2.59. The number of rotatable bonds is 5. The number of anilines is 1. The number of benzene rings is 1. The lowest BCUT2D eigenvalue weighted by Crippen LogP contribution is -2.40. The van der Waals surface area contributed by atoms with Crippen LogP contribution in [0.15, 0.2) is 24.3 Å². The zero-order chi connectivity index (χ0) is 20.2. The van der Waals surface area contributed by atoms with Crippen molar-refractivity contribution in [3.8, 4) is 11.8 Å². The first-order chi connectivity index (χ1) is 12.6. The minimum absolute atomic E-state index is 0.0978. The highest BCUT2D eigenvalue weighted by atomic mass is 32.2. The van der Waals surface area contributed by atoms with E-state index in [1.165, 1.54) is 10.4 Å². The van der Waals surface area contributed by atoms with Crippen molar-refractivity contribution in [1.29, 1.82) is 0 Å². The number of cyclic esters (lactones) is 1. The van der Waals surface area contributed by atoms with E-state index in [-0.39, 0.29) is 18.9 Å². The van der Waals surface area contributed by atoms with Crippen LogP contribution in [0.25, 0.3) is 0 Å². The molecule has 2 rings (SSSR count). The van der Waals surface area contributed by atoms with E-state index in [1.807, 2.05) is 13.8 Å². The van der Waals surface area contributed by atoms with Crippen LogP contribution >= 0.6 is 0 Å². The van der Waals surface area contributed by atoms with Crippen molar-refractivity contribution in [3.63, 3.8) is 0 Å². The number of hydrogen-bond donors (Lipinski definition) is 2. The van der Waals surface area contributed by atoms with Gasteiger partial charge in [0.15, 0.2) is 9.84 Å². The third-order valence-electron chi connectivity index (χ3n) is 3.95. The van der Waals surface area contributed by atoms with Gasteiger partial charge in [0, 0.05) is 29.8 Å². The largest absolute Gasteiger partial charge is 0.444 e. The summed E-state index contributed by atoms with van der Waals surface area (Å²) in [4.78, 5) is 25.1. The van der Waals surface area contributed by atoms with Crippen LogP contribution in [0.1, 0.15) is 25.8 Å². The van der Waals surface area contributed by atoms with Crippen molar-refractivity contribution in [1.82, 2.24) is 5.48 Å². The molecule has 1 aliphatic heterocycles. The number of carbonyl (C=O) groups excluding carboxylic acids is 2. The summed E-state index contributed by atoms with van der Waals surface area (Å²) in [6.45, 7) is 4.08. The van der Waals surface area contributed by atoms with E-state index in [1.54, 1.807) is 24.3 Å². The topological polar surface area (TPSA) is 113 Å². The molecule has 1 aromatic rings. The van der Waals surface area contributed by atoms with Gasteiger partial charge in [0.2, 0.25) is 0 Å². The number of hydroxylamine groups is 1. The van der Waals surface area contributed by atoms with Gasteiger partial charge in [-0.1, -0.05) is 25.7 Å². The molecule has 27 heavy (non-hydrogen) atoms. The zero-order valence-corrected chi connectivity index (χ0v) is 16.1. The molecule has 0 radical (unpaired) electrons. The summed E-state index contributed by atoms with van der Waals surface area (Å²) in [6.07, 6.45) is -0.781. The Hall–Kier alpha value is -2.57. The average molecular weight is 394 g/mol. The average Bonchev–Trinajstić information content (AvgIpc) is 2.97. The predicted molar refractivity (Wildman–Crippen MR) is 99.0 cm³/mol. The maximum atomic E-state index is 12.1. The molecule has 0 spiro atoms. The molecule has 2 unspecified atom stereocenters. The molecule has 1 fully saturated rings. The second-order valence-electron chi connectivity index (χ2n) is 6.62. The molecule has 1 heterocycles. The zero-order valence-electron chi connectivity index (χ0n) is 15.3. The van der Waals surface area contributed by atoms with Gasteiger partial charge in [0.1, 0.15) is 11.4 Å². The van der Waals surface area contributed by atoms with Gasteiger partial charge >= 0.3 is 6.09 Å². The van der Waals surface area contributed by atoms with E-state index in [9.17, 15) is 18.0 Å². The summed E-state index contributed by atoms with van der Waals surface area (Å²) in [7, 11) is -3.78. The highest BCUT2D eigenvalue weighted by Crippen LogP contribution is 2.25. The molecule has 1 aromatic carbocycles. The molecule has 2 amide bonds. The van der Waals surface area contributed by atoms with Gasteiger partial charge in [0.25, 0.3) is 5.91 Å². The standard InChI is InChI=1S/C18H22N2O6S/c1-12(2)4-5-13-6-8-14(9-7-13)20-11-15(26-18(20)22)10-16(17(21)19-23)27(3,24)25/h6-9,12,15-16,23H,10-11H2,1-3H3,(H,19,21). The van der Waals surface area contributed by atoms with Gasteiger partial charge < -0.3 is 4.74 Å². The Kier molecular flexibility index (Phi) is 6.46. The summed E-state index contributed by atoms with van der Waals surface area (Å²) in [5, 5.41) is 7.23. The first-order valence-corrected chi connectivity index (χ1v) is 10.3. The van der Waals surface area contributed by atoms with Gasteiger partial charge in [-0.15, -0.1) is 0 Å². The van der Waals surface area contributed by atoms with Gasteiger partial charge in [-0.2, -0.15) is 0 Å². The second-order valence-corrected chi connectivity index (χ2v) is 8.85. The van der Waals surface area contributed by atoms with Crippen LogP contribution in [0, 0.1) is 17.8 Å². The summed E-state index contributed by atoms with van der Waals surface area (Å²) in [6, 6.07) is 7.01. The van der Waals surface area contributed by atoms with Gasteiger partial charge in [-0.3, -0.25) is 14.9 Å². The number of carbonyl (C=O) groups is 2. The van der Waals surface area contributed by atoms with Crippen LogP contribution in [0.5, 0.6) is 0 Å². The Morgan fingerprint density at radius 2 is 2.00 bits per heavy atom. The minimum Gasteiger partial charge on any atom is -0.444 e. The molecule has 2 N–H and O–H groups in total. The number of nitrogens with zero attached hydrogens (tertiary/aromatic N) is 1. The number of nitrogens with one attached hydrogen (secondary N) is 1. The lowest BCUT2D eigenvalue weighted by molar-refractivity contribution is -0.129. The lowest BCUT2D eigenvalue weighted by Gasteiger charge is -2.16.